The number of ketones is 1. The highest BCUT2D eigenvalue weighted by molar-refractivity contribution is 9.09. The summed E-state index contributed by atoms with van der Waals surface area (Å²) < 4.78 is 18.2. The molecule has 0 aromatic heterocycles. The molecule has 7 heteroatoms. The molecule has 0 bridgehead atoms. The van der Waals surface area contributed by atoms with Crippen molar-refractivity contribution in [2.24, 2.45) is 0 Å². The molecule has 0 radical (unpaired) electrons. The van der Waals surface area contributed by atoms with E-state index in [0.29, 0.717) is 22.6 Å². The van der Waals surface area contributed by atoms with Crippen molar-refractivity contribution in [2.75, 3.05) is 11.9 Å². The second kappa shape index (κ2) is 6.29. The minimum Gasteiger partial charge on any atom is -0.480 e. The number of benzene rings is 2. The zero-order chi connectivity index (χ0) is 16.6. The van der Waals surface area contributed by atoms with E-state index >= 15 is 0 Å². The van der Waals surface area contributed by atoms with Gasteiger partial charge in [0, 0.05) is 5.56 Å². The molecule has 118 valence electrons. The van der Waals surface area contributed by atoms with Crippen molar-refractivity contribution < 1.29 is 18.7 Å². The Morgan fingerprint density at radius 1 is 1.30 bits per heavy atom. The van der Waals surface area contributed by atoms with Crippen molar-refractivity contribution >= 4 is 44.9 Å². The van der Waals surface area contributed by atoms with Crippen molar-refractivity contribution in [3.63, 3.8) is 0 Å². The number of nitrogens with one attached hydrogen (secondary N) is 1. The molecule has 0 aliphatic carbocycles. The fraction of sp³-hybridized carbons (Fsp3) is 0.125. The van der Waals surface area contributed by atoms with Crippen molar-refractivity contribution in [2.45, 2.75) is 4.83 Å². The zero-order valence-electron chi connectivity index (χ0n) is 11.6. The van der Waals surface area contributed by atoms with Gasteiger partial charge < -0.3 is 10.1 Å². The summed E-state index contributed by atoms with van der Waals surface area (Å²) in [6, 6.07) is 8.61. The maximum Gasteiger partial charge on any atom is 0.262 e. The van der Waals surface area contributed by atoms with E-state index in [1.165, 1.54) is 36.4 Å². The fourth-order valence-corrected chi connectivity index (χ4v) is 3.07. The molecule has 1 aliphatic heterocycles. The van der Waals surface area contributed by atoms with Crippen LogP contribution in [0.15, 0.2) is 36.4 Å². The smallest absolute Gasteiger partial charge is 0.262 e. The Morgan fingerprint density at radius 2 is 2.00 bits per heavy atom. The summed E-state index contributed by atoms with van der Waals surface area (Å²) in [5, 5.41) is 2.86. The number of ether oxygens (including phenoxy) is 1. The van der Waals surface area contributed by atoms with E-state index in [0.717, 1.165) is 0 Å². The molecule has 1 atom stereocenters. The van der Waals surface area contributed by atoms with Gasteiger partial charge in [0.1, 0.15) is 10.6 Å². The number of halogens is 3. The first-order chi connectivity index (χ1) is 11.0. The number of fused-ring (bicyclic) bond motifs is 1. The first kappa shape index (κ1) is 16.0. The number of amides is 1. The van der Waals surface area contributed by atoms with Crippen LogP contribution >= 0.6 is 27.5 Å². The van der Waals surface area contributed by atoms with Gasteiger partial charge in [-0.1, -0.05) is 39.7 Å². The van der Waals surface area contributed by atoms with Gasteiger partial charge in [-0.3, -0.25) is 9.59 Å². The molecular formula is C16H10BrClFNO3. The van der Waals surface area contributed by atoms with E-state index in [-0.39, 0.29) is 29.1 Å². The summed E-state index contributed by atoms with van der Waals surface area (Å²) in [6.07, 6.45) is 0. The Hall–Kier alpha value is -1.92. The van der Waals surface area contributed by atoms with E-state index in [1.807, 2.05) is 0 Å². The van der Waals surface area contributed by atoms with Crippen LogP contribution < -0.4 is 10.1 Å². The molecule has 1 amide bonds. The Kier molecular flexibility index (Phi) is 4.37. The van der Waals surface area contributed by atoms with Gasteiger partial charge in [-0.05, 0) is 29.8 Å². The highest BCUT2D eigenvalue weighted by atomic mass is 79.9. The maximum absolute atomic E-state index is 13.0. The van der Waals surface area contributed by atoms with Crippen molar-refractivity contribution in [1.82, 2.24) is 0 Å². The van der Waals surface area contributed by atoms with Crippen LogP contribution in [0.4, 0.5) is 10.1 Å². The number of carbonyl (C=O) groups is 2. The van der Waals surface area contributed by atoms with Gasteiger partial charge in [0.2, 0.25) is 0 Å². The molecular weight excluding hydrogens is 389 g/mol. The Balaban J connectivity index is 1.93. The maximum atomic E-state index is 13.0. The molecule has 0 fully saturated rings. The summed E-state index contributed by atoms with van der Waals surface area (Å²) in [7, 11) is 0. The molecule has 0 saturated heterocycles. The standard InChI is InChI=1S/C16H10BrClFNO3/c17-14(8-1-3-10(19)4-2-8)15(22)9-5-11(18)16-12(6-9)20-13(21)7-23-16/h1-6,14H,7H2,(H,20,21). The Morgan fingerprint density at radius 3 is 2.70 bits per heavy atom. The van der Waals surface area contributed by atoms with Gasteiger partial charge >= 0.3 is 0 Å². The van der Waals surface area contributed by atoms with Gasteiger partial charge in [0.25, 0.3) is 5.91 Å². The first-order valence-corrected chi connectivity index (χ1v) is 7.95. The average molecular weight is 399 g/mol. The third kappa shape index (κ3) is 3.23. The van der Waals surface area contributed by atoms with Gasteiger partial charge in [-0.2, -0.15) is 0 Å². The molecule has 1 N–H and O–H groups in total. The van der Waals surface area contributed by atoms with E-state index in [2.05, 4.69) is 21.2 Å². The molecule has 2 aromatic rings. The predicted molar refractivity (Wildman–Crippen MR) is 88.0 cm³/mol. The molecule has 0 saturated carbocycles. The Labute approximate surface area is 144 Å². The van der Waals surface area contributed by atoms with E-state index < -0.39 is 4.83 Å². The molecule has 1 unspecified atom stereocenters. The van der Waals surface area contributed by atoms with Gasteiger partial charge in [0.15, 0.2) is 18.1 Å². The number of carbonyl (C=O) groups excluding carboxylic acids is 2. The first-order valence-electron chi connectivity index (χ1n) is 6.65. The van der Waals surface area contributed by atoms with Crippen LogP contribution in [0.1, 0.15) is 20.7 Å². The molecule has 23 heavy (non-hydrogen) atoms. The largest absolute Gasteiger partial charge is 0.480 e. The van der Waals surface area contributed by atoms with Crippen LogP contribution in [0.25, 0.3) is 0 Å². The molecule has 4 nitrogen and oxygen atoms in total. The van der Waals surface area contributed by atoms with Gasteiger partial charge in [-0.25, -0.2) is 4.39 Å². The number of alkyl halides is 1. The lowest BCUT2D eigenvalue weighted by atomic mass is 10.0. The van der Waals surface area contributed by atoms with Gasteiger partial charge in [-0.15, -0.1) is 0 Å². The third-order valence-corrected chi connectivity index (χ3v) is 4.57. The molecule has 2 aromatic carbocycles. The van der Waals surface area contributed by atoms with Crippen LogP contribution in [0.5, 0.6) is 5.75 Å². The van der Waals surface area contributed by atoms with E-state index in [4.69, 9.17) is 16.3 Å². The lowest BCUT2D eigenvalue weighted by Crippen LogP contribution is -2.26. The van der Waals surface area contributed by atoms with Gasteiger partial charge in [0.05, 0.1) is 10.7 Å². The average Bonchev–Trinajstić information content (AvgIpc) is 2.53. The second-order valence-electron chi connectivity index (χ2n) is 4.95. The van der Waals surface area contributed by atoms with E-state index in [1.54, 1.807) is 0 Å². The van der Waals surface area contributed by atoms with Crippen LogP contribution in [-0.4, -0.2) is 18.3 Å². The summed E-state index contributed by atoms with van der Waals surface area (Å²) in [6.45, 7) is -0.114. The Bertz CT molecular complexity index is 795. The van der Waals surface area contributed by atoms with Crippen molar-refractivity contribution in [1.29, 1.82) is 0 Å². The minimum atomic E-state index is -0.655. The molecule has 1 heterocycles. The van der Waals surface area contributed by atoms with Crippen LogP contribution in [0.2, 0.25) is 5.02 Å². The van der Waals surface area contributed by atoms with Crippen LogP contribution in [0.3, 0.4) is 0 Å². The number of hydrogen-bond donors (Lipinski definition) is 1. The summed E-state index contributed by atoms with van der Waals surface area (Å²) in [5.74, 6) is -0.610. The number of anilines is 1. The predicted octanol–water partition coefficient (Wildman–Crippen LogP) is 4.13. The highest BCUT2D eigenvalue weighted by Crippen LogP contribution is 2.38. The fourth-order valence-electron chi connectivity index (χ4n) is 2.23. The van der Waals surface area contributed by atoms with Crippen molar-refractivity contribution in [3.8, 4) is 5.75 Å². The summed E-state index contributed by atoms with van der Waals surface area (Å²) in [4.78, 5) is 23.3. The normalized spacial score (nSPS) is 14.5. The van der Waals surface area contributed by atoms with Crippen LogP contribution in [-0.2, 0) is 4.79 Å². The van der Waals surface area contributed by atoms with E-state index in [9.17, 15) is 14.0 Å². The summed E-state index contributed by atoms with van der Waals surface area (Å²) in [5.41, 5.74) is 1.28. The lowest BCUT2D eigenvalue weighted by molar-refractivity contribution is -0.118. The second-order valence-corrected chi connectivity index (χ2v) is 6.27. The third-order valence-electron chi connectivity index (χ3n) is 3.34. The summed E-state index contributed by atoms with van der Waals surface area (Å²) >= 11 is 9.43. The number of rotatable bonds is 3. The quantitative estimate of drug-likeness (QED) is 0.625. The number of hydrogen-bond acceptors (Lipinski definition) is 3. The number of Topliss-reactive ketones (excluding diaryl/α,β-unsaturated/α-hetero) is 1. The topological polar surface area (TPSA) is 55.4 Å². The SMILES string of the molecule is O=C1COc2c(Cl)cc(C(=O)C(Br)c3ccc(F)cc3)cc2N1. The minimum absolute atomic E-state index is 0.114. The van der Waals surface area contributed by atoms with Crippen LogP contribution in [0, 0.1) is 5.82 Å². The molecule has 3 rings (SSSR count). The lowest BCUT2D eigenvalue weighted by Gasteiger charge is -2.20. The highest BCUT2D eigenvalue weighted by Gasteiger charge is 2.25. The monoisotopic (exact) mass is 397 g/mol. The zero-order valence-corrected chi connectivity index (χ0v) is 13.9. The molecule has 1 aliphatic rings. The van der Waals surface area contributed by atoms with Crippen molar-refractivity contribution in [3.05, 3.63) is 58.4 Å². The molecule has 0 spiro atoms.